The van der Waals surface area contributed by atoms with Crippen molar-refractivity contribution in [3.05, 3.63) is 43.0 Å². The molecule has 1 aromatic rings. The number of ether oxygens (including phenoxy) is 3. The summed E-state index contributed by atoms with van der Waals surface area (Å²) in [6, 6.07) is 3.38. The van der Waals surface area contributed by atoms with Crippen molar-refractivity contribution in [2.75, 3.05) is 34.4 Å². The number of carbonyl (C=O) groups is 1. The summed E-state index contributed by atoms with van der Waals surface area (Å²) in [4.78, 5) is 13.1. The van der Waals surface area contributed by atoms with Gasteiger partial charge in [0.05, 0.1) is 7.11 Å². The number of carbonyl (C=O) groups excluding carboxylic acids is 1. The van der Waals surface area contributed by atoms with E-state index in [1.807, 2.05) is 0 Å². The van der Waals surface area contributed by atoms with Crippen molar-refractivity contribution >= 4 is 5.91 Å². The predicted molar refractivity (Wildman–Crippen MR) is 90.0 cm³/mol. The molecule has 122 valence electrons. The fourth-order valence-electron chi connectivity index (χ4n) is 1.58. The van der Waals surface area contributed by atoms with Crippen LogP contribution in [0.15, 0.2) is 37.4 Å². The minimum atomic E-state index is -0.311. The molecule has 1 amide bonds. The van der Waals surface area contributed by atoms with Gasteiger partial charge in [0.2, 0.25) is 0 Å². The molecule has 23 heavy (non-hydrogen) atoms. The highest BCUT2D eigenvalue weighted by atomic mass is 16.5. The lowest BCUT2D eigenvalue weighted by atomic mass is 10.1. The normalized spacial score (nSPS) is 9.17. The molecule has 1 rings (SSSR count). The number of nitrogens with zero attached hydrogens (tertiary/aromatic N) is 1. The zero-order valence-electron chi connectivity index (χ0n) is 13.7. The summed E-state index contributed by atoms with van der Waals surface area (Å²) in [7, 11) is 4.79. The lowest BCUT2D eigenvalue weighted by molar-refractivity contribution is -0.122. The molecule has 0 unspecified atom stereocenters. The van der Waals surface area contributed by atoms with Gasteiger partial charge in [0.25, 0.3) is 5.91 Å². The van der Waals surface area contributed by atoms with Gasteiger partial charge in [-0.25, -0.2) is 0 Å². The Morgan fingerprint density at radius 1 is 1.17 bits per heavy atom. The molecule has 0 spiro atoms. The third kappa shape index (κ3) is 5.44. The number of benzene rings is 1. The molecule has 0 aliphatic carbocycles. The van der Waals surface area contributed by atoms with Crippen LogP contribution in [0.2, 0.25) is 0 Å². The molecule has 0 fully saturated rings. The molecule has 0 aromatic heterocycles. The Kier molecular flexibility index (Phi) is 7.28. The van der Waals surface area contributed by atoms with Crippen LogP contribution in [0.1, 0.15) is 5.56 Å². The van der Waals surface area contributed by atoms with Gasteiger partial charge in [-0.3, -0.25) is 4.79 Å². The van der Waals surface area contributed by atoms with Crippen molar-refractivity contribution in [1.29, 1.82) is 0 Å². The second kappa shape index (κ2) is 9.21. The molecule has 5 nitrogen and oxygen atoms in total. The molecule has 0 saturated heterocycles. The smallest absolute Gasteiger partial charge is 0.298 e. The SMILES string of the molecule is C=CCOc1cc(OC)c(C#CC(=O)N(C)C)c(OCC=C)c1. The van der Waals surface area contributed by atoms with Gasteiger partial charge in [0.1, 0.15) is 36.0 Å². The van der Waals surface area contributed by atoms with Gasteiger partial charge in [-0.15, -0.1) is 0 Å². The Balaban J connectivity index is 3.30. The number of hydrogen-bond donors (Lipinski definition) is 0. The third-order valence-electron chi connectivity index (χ3n) is 2.68. The Morgan fingerprint density at radius 2 is 1.78 bits per heavy atom. The van der Waals surface area contributed by atoms with Gasteiger partial charge >= 0.3 is 0 Å². The van der Waals surface area contributed by atoms with Crippen LogP contribution in [-0.4, -0.2) is 45.2 Å². The van der Waals surface area contributed by atoms with E-state index in [2.05, 4.69) is 25.0 Å². The van der Waals surface area contributed by atoms with Crippen molar-refractivity contribution < 1.29 is 19.0 Å². The summed E-state index contributed by atoms with van der Waals surface area (Å²) in [5.74, 6) is 6.52. The van der Waals surface area contributed by atoms with Crippen molar-refractivity contribution in [2.45, 2.75) is 0 Å². The first-order chi connectivity index (χ1) is 11.0. The van der Waals surface area contributed by atoms with E-state index in [4.69, 9.17) is 14.2 Å². The predicted octanol–water partition coefficient (Wildman–Crippen LogP) is 2.26. The number of hydrogen-bond acceptors (Lipinski definition) is 4. The quantitative estimate of drug-likeness (QED) is 0.572. The van der Waals surface area contributed by atoms with Crippen molar-refractivity contribution in [3.8, 4) is 29.1 Å². The molecule has 0 aliphatic heterocycles. The first kappa shape index (κ1) is 18.2. The van der Waals surface area contributed by atoms with Crippen LogP contribution in [0.4, 0.5) is 0 Å². The first-order valence-electron chi connectivity index (χ1n) is 6.96. The van der Waals surface area contributed by atoms with Crippen LogP contribution < -0.4 is 14.2 Å². The Hall–Kier alpha value is -2.87. The molecule has 1 aromatic carbocycles. The van der Waals surface area contributed by atoms with Gasteiger partial charge < -0.3 is 19.1 Å². The molecule has 0 radical (unpaired) electrons. The molecule has 0 atom stereocenters. The highest BCUT2D eigenvalue weighted by molar-refractivity contribution is 5.94. The molecular formula is C18H21NO4. The zero-order chi connectivity index (χ0) is 17.2. The Labute approximate surface area is 137 Å². The Bertz CT molecular complexity index is 638. The van der Waals surface area contributed by atoms with E-state index in [0.717, 1.165) is 0 Å². The Morgan fingerprint density at radius 3 is 2.35 bits per heavy atom. The van der Waals surface area contributed by atoms with Crippen molar-refractivity contribution in [3.63, 3.8) is 0 Å². The van der Waals surface area contributed by atoms with E-state index in [0.29, 0.717) is 36.0 Å². The van der Waals surface area contributed by atoms with Gasteiger partial charge in [0, 0.05) is 32.1 Å². The summed E-state index contributed by atoms with van der Waals surface area (Å²) in [5, 5.41) is 0. The number of methoxy groups -OCH3 is 1. The van der Waals surface area contributed by atoms with Crippen LogP contribution >= 0.6 is 0 Å². The maximum atomic E-state index is 11.7. The minimum Gasteiger partial charge on any atom is -0.495 e. The van der Waals surface area contributed by atoms with Gasteiger partial charge in [-0.05, 0) is 5.92 Å². The third-order valence-corrected chi connectivity index (χ3v) is 2.68. The molecule has 0 heterocycles. The fourth-order valence-corrected chi connectivity index (χ4v) is 1.58. The van der Waals surface area contributed by atoms with E-state index in [9.17, 15) is 4.79 Å². The number of amides is 1. The van der Waals surface area contributed by atoms with Crippen LogP contribution in [0.3, 0.4) is 0 Å². The molecule has 0 bridgehead atoms. The molecule has 5 heteroatoms. The second-order valence-electron chi connectivity index (χ2n) is 4.65. The molecule has 0 N–H and O–H groups in total. The fraction of sp³-hybridized carbons (Fsp3) is 0.278. The summed E-state index contributed by atoms with van der Waals surface area (Å²) in [6.45, 7) is 7.88. The largest absolute Gasteiger partial charge is 0.495 e. The standard InChI is InChI=1S/C18H21NO4/c1-6-10-22-14-12-16(21-5)15(8-9-18(20)19(3)4)17(13-14)23-11-7-2/h6-7,12-13H,1-2,10-11H2,3-5H3. The second-order valence-corrected chi connectivity index (χ2v) is 4.65. The maximum Gasteiger partial charge on any atom is 0.298 e. The van der Waals surface area contributed by atoms with Gasteiger partial charge in [-0.1, -0.05) is 25.3 Å². The van der Waals surface area contributed by atoms with Crippen LogP contribution in [-0.2, 0) is 4.79 Å². The highest BCUT2D eigenvalue weighted by Gasteiger charge is 2.13. The van der Waals surface area contributed by atoms with E-state index in [-0.39, 0.29) is 5.91 Å². The first-order valence-corrected chi connectivity index (χ1v) is 6.96. The topological polar surface area (TPSA) is 48.0 Å². The van der Waals surface area contributed by atoms with E-state index >= 15 is 0 Å². The number of rotatable bonds is 7. The lowest BCUT2D eigenvalue weighted by Gasteiger charge is -2.13. The van der Waals surface area contributed by atoms with Crippen LogP contribution in [0.25, 0.3) is 0 Å². The minimum absolute atomic E-state index is 0.296. The molecule has 0 saturated carbocycles. The van der Waals surface area contributed by atoms with E-state index in [1.165, 1.54) is 12.0 Å². The van der Waals surface area contributed by atoms with Crippen molar-refractivity contribution in [1.82, 2.24) is 4.90 Å². The summed E-state index contributed by atoms with van der Waals surface area (Å²) >= 11 is 0. The van der Waals surface area contributed by atoms with Gasteiger partial charge in [0.15, 0.2) is 0 Å². The summed E-state index contributed by atoms with van der Waals surface area (Å²) in [5.41, 5.74) is 0.482. The van der Waals surface area contributed by atoms with Crippen molar-refractivity contribution in [2.24, 2.45) is 0 Å². The monoisotopic (exact) mass is 315 g/mol. The molecular weight excluding hydrogens is 294 g/mol. The van der Waals surface area contributed by atoms with Crippen LogP contribution in [0.5, 0.6) is 17.2 Å². The average molecular weight is 315 g/mol. The lowest BCUT2D eigenvalue weighted by Crippen LogP contribution is -2.19. The highest BCUT2D eigenvalue weighted by Crippen LogP contribution is 2.33. The van der Waals surface area contributed by atoms with Crippen LogP contribution in [0, 0.1) is 11.8 Å². The molecule has 0 aliphatic rings. The van der Waals surface area contributed by atoms with E-state index < -0.39 is 0 Å². The zero-order valence-corrected chi connectivity index (χ0v) is 13.7. The average Bonchev–Trinajstić information content (AvgIpc) is 2.55. The summed E-state index contributed by atoms with van der Waals surface area (Å²) < 4.78 is 16.5. The summed E-state index contributed by atoms with van der Waals surface area (Å²) in [6.07, 6.45) is 3.26. The van der Waals surface area contributed by atoms with Gasteiger partial charge in [-0.2, -0.15) is 0 Å². The van der Waals surface area contributed by atoms with E-state index in [1.54, 1.807) is 38.4 Å². The maximum absolute atomic E-state index is 11.7.